The van der Waals surface area contributed by atoms with Crippen molar-refractivity contribution in [3.8, 4) is 5.75 Å². The number of benzene rings is 1. The molecule has 1 spiro atoms. The maximum absolute atomic E-state index is 13.1. The summed E-state index contributed by atoms with van der Waals surface area (Å²) in [4.78, 5) is 32.7. The van der Waals surface area contributed by atoms with Gasteiger partial charge in [-0.3, -0.25) is 9.59 Å². The van der Waals surface area contributed by atoms with E-state index in [0.717, 1.165) is 43.9 Å². The van der Waals surface area contributed by atoms with Gasteiger partial charge in [-0.05, 0) is 37.0 Å². The summed E-state index contributed by atoms with van der Waals surface area (Å²) in [6, 6.07) is 7.87. The molecule has 0 saturated carbocycles. The van der Waals surface area contributed by atoms with Crippen LogP contribution in [0.5, 0.6) is 5.75 Å². The molecule has 3 heterocycles. The summed E-state index contributed by atoms with van der Waals surface area (Å²) in [6.45, 7) is 8.99. The van der Waals surface area contributed by atoms with Crippen molar-refractivity contribution in [3.63, 3.8) is 0 Å². The molecular formula is C26H35N3O5S. The standard InChI is InChI=1S/C26H35N3O5S/c1-19(2)24-27-22(17-35-24)25(32)29-13-15-34-26(18-29)8-11-28(12-9-26)10-6-20-4-3-5-21(16-20)33-14-7-23(30)31/h3-5,16-17,19H,6-15,18H2,1-2H3,(H,30,31). The van der Waals surface area contributed by atoms with Gasteiger partial charge in [-0.2, -0.15) is 0 Å². The highest BCUT2D eigenvalue weighted by Gasteiger charge is 2.41. The smallest absolute Gasteiger partial charge is 0.306 e. The number of rotatable bonds is 9. The number of carboxylic acid groups (broad SMARTS) is 1. The van der Waals surface area contributed by atoms with E-state index < -0.39 is 5.97 Å². The molecule has 9 heteroatoms. The van der Waals surface area contributed by atoms with Gasteiger partial charge in [0.15, 0.2) is 0 Å². The molecule has 1 aromatic heterocycles. The molecule has 4 rings (SSSR count). The summed E-state index contributed by atoms with van der Waals surface area (Å²) >= 11 is 1.56. The highest BCUT2D eigenvalue weighted by molar-refractivity contribution is 7.09. The van der Waals surface area contributed by atoms with E-state index in [1.807, 2.05) is 28.5 Å². The summed E-state index contributed by atoms with van der Waals surface area (Å²) in [7, 11) is 0. The Hall–Kier alpha value is -2.49. The van der Waals surface area contributed by atoms with Gasteiger partial charge in [0.25, 0.3) is 5.91 Å². The van der Waals surface area contributed by atoms with Crippen LogP contribution in [0.3, 0.4) is 0 Å². The number of carbonyl (C=O) groups is 2. The fourth-order valence-corrected chi connectivity index (χ4v) is 5.46. The molecule has 2 fully saturated rings. The number of piperidine rings is 1. The van der Waals surface area contributed by atoms with Crippen molar-refractivity contribution in [1.29, 1.82) is 0 Å². The number of nitrogens with zero attached hydrogens (tertiary/aromatic N) is 3. The zero-order valence-corrected chi connectivity index (χ0v) is 21.4. The molecule has 2 aliphatic heterocycles. The van der Waals surface area contributed by atoms with Crippen molar-refractivity contribution < 1.29 is 24.2 Å². The summed E-state index contributed by atoms with van der Waals surface area (Å²) < 4.78 is 11.8. The van der Waals surface area contributed by atoms with E-state index in [4.69, 9.17) is 14.6 Å². The number of carbonyl (C=O) groups excluding carboxylic acids is 1. The van der Waals surface area contributed by atoms with Crippen molar-refractivity contribution in [2.24, 2.45) is 0 Å². The molecule has 0 aliphatic carbocycles. The van der Waals surface area contributed by atoms with Gasteiger partial charge in [0, 0.05) is 37.5 Å². The lowest BCUT2D eigenvalue weighted by Crippen LogP contribution is -2.58. The lowest BCUT2D eigenvalue weighted by atomic mass is 9.89. The first-order valence-corrected chi connectivity index (χ1v) is 13.3. The van der Waals surface area contributed by atoms with Crippen LogP contribution in [-0.2, 0) is 16.0 Å². The van der Waals surface area contributed by atoms with Crippen molar-refractivity contribution in [2.45, 2.75) is 51.0 Å². The molecule has 2 saturated heterocycles. The van der Waals surface area contributed by atoms with Crippen LogP contribution in [0.1, 0.15) is 60.1 Å². The van der Waals surface area contributed by atoms with Crippen LogP contribution >= 0.6 is 11.3 Å². The molecule has 0 bridgehead atoms. The number of likely N-dealkylation sites (tertiary alicyclic amines) is 1. The molecule has 2 aromatic rings. The maximum Gasteiger partial charge on any atom is 0.306 e. The Morgan fingerprint density at radius 1 is 1.26 bits per heavy atom. The van der Waals surface area contributed by atoms with Gasteiger partial charge >= 0.3 is 5.97 Å². The molecule has 1 amide bonds. The van der Waals surface area contributed by atoms with Gasteiger partial charge in [-0.15, -0.1) is 11.3 Å². The molecule has 0 atom stereocenters. The van der Waals surface area contributed by atoms with Gasteiger partial charge in [0.2, 0.25) is 0 Å². The number of hydrogen-bond donors (Lipinski definition) is 1. The Morgan fingerprint density at radius 3 is 2.77 bits per heavy atom. The minimum Gasteiger partial charge on any atom is -0.493 e. The Balaban J connectivity index is 1.25. The lowest BCUT2D eigenvalue weighted by Gasteiger charge is -2.47. The Morgan fingerprint density at radius 2 is 2.06 bits per heavy atom. The first-order chi connectivity index (χ1) is 16.8. The van der Waals surface area contributed by atoms with Gasteiger partial charge in [0.1, 0.15) is 11.4 Å². The SMILES string of the molecule is CC(C)c1nc(C(=O)N2CCOC3(CCN(CCc4cccc(OCCC(=O)O)c4)CC3)C2)cs1. The number of morpholine rings is 1. The third-order valence-electron chi connectivity index (χ3n) is 6.74. The number of ether oxygens (including phenoxy) is 2. The Labute approximate surface area is 210 Å². The second-order valence-electron chi connectivity index (χ2n) is 9.72. The molecule has 1 N–H and O–H groups in total. The molecule has 0 radical (unpaired) electrons. The minimum absolute atomic E-state index is 0.00634. The zero-order valence-electron chi connectivity index (χ0n) is 20.6. The van der Waals surface area contributed by atoms with Crippen molar-refractivity contribution >= 4 is 23.2 Å². The van der Waals surface area contributed by atoms with Crippen LogP contribution in [0, 0.1) is 0 Å². The molecular weight excluding hydrogens is 466 g/mol. The third kappa shape index (κ3) is 6.80. The predicted molar refractivity (Wildman–Crippen MR) is 134 cm³/mol. The van der Waals surface area contributed by atoms with Crippen molar-refractivity contribution in [3.05, 3.63) is 45.9 Å². The van der Waals surface area contributed by atoms with Crippen LogP contribution in [0.2, 0.25) is 0 Å². The number of aromatic nitrogens is 1. The number of thiazole rings is 1. The maximum atomic E-state index is 13.1. The number of carboxylic acids is 1. The van der Waals surface area contributed by atoms with Crippen LogP contribution in [0.15, 0.2) is 29.6 Å². The first kappa shape index (κ1) is 25.6. The van der Waals surface area contributed by atoms with E-state index in [2.05, 4.69) is 29.8 Å². The van der Waals surface area contributed by atoms with Crippen molar-refractivity contribution in [1.82, 2.24) is 14.8 Å². The minimum atomic E-state index is -0.859. The fourth-order valence-electron chi connectivity index (χ4n) is 4.65. The van der Waals surface area contributed by atoms with Crippen LogP contribution in [0.25, 0.3) is 0 Å². The van der Waals surface area contributed by atoms with Gasteiger partial charge in [-0.25, -0.2) is 4.98 Å². The summed E-state index contributed by atoms with van der Waals surface area (Å²) in [5, 5.41) is 11.6. The molecule has 0 unspecified atom stereocenters. The Bertz CT molecular complexity index is 1020. The highest BCUT2D eigenvalue weighted by Crippen LogP contribution is 2.31. The van der Waals surface area contributed by atoms with Gasteiger partial charge in [0.05, 0.1) is 36.8 Å². The predicted octanol–water partition coefficient (Wildman–Crippen LogP) is 3.67. The molecule has 1 aromatic carbocycles. The zero-order chi connectivity index (χ0) is 24.8. The Kier molecular flexibility index (Phi) is 8.41. The third-order valence-corrected chi connectivity index (χ3v) is 7.88. The van der Waals surface area contributed by atoms with E-state index in [1.54, 1.807) is 11.3 Å². The summed E-state index contributed by atoms with van der Waals surface area (Å²) in [5.74, 6) is 0.196. The second kappa shape index (κ2) is 11.5. The molecule has 190 valence electrons. The average Bonchev–Trinajstić information content (AvgIpc) is 3.34. The highest BCUT2D eigenvalue weighted by atomic mass is 32.1. The lowest BCUT2D eigenvalue weighted by molar-refractivity contribution is -0.137. The van der Waals surface area contributed by atoms with E-state index in [0.29, 0.717) is 37.1 Å². The normalized spacial score (nSPS) is 18.2. The van der Waals surface area contributed by atoms with E-state index in [9.17, 15) is 9.59 Å². The second-order valence-corrected chi connectivity index (χ2v) is 10.6. The summed E-state index contributed by atoms with van der Waals surface area (Å²) in [5.41, 5.74) is 1.47. The first-order valence-electron chi connectivity index (χ1n) is 12.4. The van der Waals surface area contributed by atoms with Gasteiger partial charge < -0.3 is 24.4 Å². The number of amides is 1. The van der Waals surface area contributed by atoms with Crippen molar-refractivity contribution in [2.75, 3.05) is 45.9 Å². The average molecular weight is 502 g/mol. The van der Waals surface area contributed by atoms with Crippen LogP contribution in [0.4, 0.5) is 0 Å². The molecule has 8 nitrogen and oxygen atoms in total. The quantitative estimate of drug-likeness (QED) is 0.560. The largest absolute Gasteiger partial charge is 0.493 e. The van der Waals surface area contributed by atoms with Gasteiger partial charge in [-0.1, -0.05) is 26.0 Å². The monoisotopic (exact) mass is 501 g/mol. The van der Waals surface area contributed by atoms with E-state index in [1.165, 1.54) is 5.56 Å². The van der Waals surface area contributed by atoms with Crippen LogP contribution in [-0.4, -0.2) is 83.3 Å². The number of aliphatic carboxylic acids is 1. The van der Waals surface area contributed by atoms with E-state index >= 15 is 0 Å². The van der Waals surface area contributed by atoms with Crippen LogP contribution < -0.4 is 4.74 Å². The fraction of sp³-hybridized carbons (Fsp3) is 0.577. The topological polar surface area (TPSA) is 92.2 Å². The summed E-state index contributed by atoms with van der Waals surface area (Å²) in [6.07, 6.45) is 2.71. The number of hydrogen-bond acceptors (Lipinski definition) is 7. The van der Waals surface area contributed by atoms with E-state index in [-0.39, 0.29) is 24.5 Å². The molecule has 35 heavy (non-hydrogen) atoms. The molecule has 2 aliphatic rings.